The van der Waals surface area contributed by atoms with Crippen LogP contribution in [0.2, 0.25) is 0 Å². The fourth-order valence-corrected chi connectivity index (χ4v) is 4.77. The van der Waals surface area contributed by atoms with Crippen molar-refractivity contribution < 1.29 is 13.2 Å². The Morgan fingerprint density at radius 1 is 1.27 bits per heavy atom. The number of hydrogen-bond acceptors (Lipinski definition) is 4. The Hall–Kier alpha value is -0.820. The van der Waals surface area contributed by atoms with Crippen LogP contribution in [0.3, 0.4) is 0 Å². The lowest BCUT2D eigenvalue weighted by molar-refractivity contribution is 0.190. The predicted octanol–water partition coefficient (Wildman–Crippen LogP) is 2.02. The molecule has 0 aliphatic carbocycles. The van der Waals surface area contributed by atoms with Gasteiger partial charge in [0.25, 0.3) is 0 Å². The van der Waals surface area contributed by atoms with Gasteiger partial charge in [-0.2, -0.15) is 4.31 Å². The van der Waals surface area contributed by atoms with Crippen molar-refractivity contribution >= 4 is 22.4 Å². The molecule has 2 saturated heterocycles. The molecule has 0 spiro atoms. The van der Waals surface area contributed by atoms with Crippen LogP contribution in [0.5, 0.6) is 5.75 Å². The number of rotatable bonds is 4. The Morgan fingerprint density at radius 3 is 2.59 bits per heavy atom. The third-order valence-corrected chi connectivity index (χ3v) is 6.01. The van der Waals surface area contributed by atoms with E-state index in [0.29, 0.717) is 42.4 Å². The molecule has 2 fully saturated rings. The molecule has 1 aromatic rings. The monoisotopic (exact) mass is 346 g/mol. The minimum atomic E-state index is -3.43. The van der Waals surface area contributed by atoms with E-state index in [0.717, 1.165) is 12.8 Å². The van der Waals surface area contributed by atoms with E-state index in [-0.39, 0.29) is 12.4 Å². The molecule has 0 amide bonds. The smallest absolute Gasteiger partial charge is 0.243 e. The molecule has 3 rings (SSSR count). The van der Waals surface area contributed by atoms with Crippen LogP contribution in [0.25, 0.3) is 0 Å². The molecule has 124 valence electrons. The van der Waals surface area contributed by atoms with Crippen molar-refractivity contribution in [2.75, 3.05) is 19.7 Å². The number of benzene rings is 1. The number of ether oxygens (including phenoxy) is 1. The number of nitrogens with zero attached hydrogens (tertiary/aromatic N) is 1. The van der Waals surface area contributed by atoms with E-state index in [9.17, 15) is 8.42 Å². The molecule has 0 saturated carbocycles. The molecular formula is C15H23ClN2O3S. The summed E-state index contributed by atoms with van der Waals surface area (Å²) in [4.78, 5) is 0.327. The number of sulfonamides is 1. The van der Waals surface area contributed by atoms with E-state index >= 15 is 0 Å². The molecule has 22 heavy (non-hydrogen) atoms. The Morgan fingerprint density at radius 2 is 1.95 bits per heavy atom. The topological polar surface area (TPSA) is 58.6 Å². The summed E-state index contributed by atoms with van der Waals surface area (Å²) >= 11 is 0. The fourth-order valence-electron chi connectivity index (χ4n) is 3.20. The maximum absolute atomic E-state index is 12.8. The van der Waals surface area contributed by atoms with Crippen molar-refractivity contribution in [3.63, 3.8) is 0 Å². The molecule has 2 unspecified atom stereocenters. The molecule has 7 heteroatoms. The van der Waals surface area contributed by atoms with Crippen LogP contribution in [0.4, 0.5) is 0 Å². The molecule has 2 aliphatic rings. The molecule has 0 radical (unpaired) electrons. The van der Waals surface area contributed by atoms with Gasteiger partial charge in [0, 0.05) is 31.2 Å². The van der Waals surface area contributed by atoms with E-state index < -0.39 is 10.0 Å². The average Bonchev–Trinajstić information content (AvgIpc) is 2.47. The van der Waals surface area contributed by atoms with Crippen molar-refractivity contribution in [3.05, 3.63) is 24.3 Å². The van der Waals surface area contributed by atoms with E-state index in [1.54, 1.807) is 28.6 Å². The van der Waals surface area contributed by atoms with Crippen molar-refractivity contribution in [1.29, 1.82) is 0 Å². The molecule has 5 nitrogen and oxygen atoms in total. The summed E-state index contributed by atoms with van der Waals surface area (Å²) in [5, 5.41) is 3.51. The lowest BCUT2D eigenvalue weighted by atomic mass is 9.96. The van der Waals surface area contributed by atoms with Gasteiger partial charge in [0.05, 0.1) is 11.5 Å². The normalized spacial score (nSPS) is 25.3. The second kappa shape index (κ2) is 7.17. The Bertz CT molecular complexity index is 597. The van der Waals surface area contributed by atoms with E-state index in [1.807, 2.05) is 6.92 Å². The average molecular weight is 347 g/mol. The highest BCUT2D eigenvalue weighted by atomic mass is 35.5. The first-order chi connectivity index (χ1) is 10.1. The van der Waals surface area contributed by atoms with Gasteiger partial charge in [-0.25, -0.2) is 8.42 Å². The summed E-state index contributed by atoms with van der Waals surface area (Å²) < 4.78 is 32.7. The molecule has 2 heterocycles. The first-order valence-corrected chi connectivity index (χ1v) is 9.02. The largest absolute Gasteiger partial charge is 0.494 e. The first kappa shape index (κ1) is 17.5. The summed E-state index contributed by atoms with van der Waals surface area (Å²) in [6.07, 6.45) is 3.30. The van der Waals surface area contributed by atoms with E-state index in [4.69, 9.17) is 4.74 Å². The van der Waals surface area contributed by atoms with Crippen LogP contribution in [0, 0.1) is 0 Å². The van der Waals surface area contributed by atoms with Gasteiger partial charge >= 0.3 is 0 Å². The van der Waals surface area contributed by atoms with Gasteiger partial charge < -0.3 is 10.1 Å². The molecule has 1 aromatic carbocycles. The first-order valence-electron chi connectivity index (χ1n) is 7.58. The number of halogens is 1. The van der Waals surface area contributed by atoms with Crippen LogP contribution < -0.4 is 10.1 Å². The number of fused-ring (bicyclic) bond motifs is 2. The van der Waals surface area contributed by atoms with Crippen molar-refractivity contribution in [3.8, 4) is 5.75 Å². The van der Waals surface area contributed by atoms with Crippen molar-refractivity contribution in [1.82, 2.24) is 9.62 Å². The lowest BCUT2D eigenvalue weighted by Gasteiger charge is -2.41. The van der Waals surface area contributed by atoms with Gasteiger partial charge in [0.1, 0.15) is 5.75 Å². The third-order valence-electron chi connectivity index (χ3n) is 4.18. The van der Waals surface area contributed by atoms with Crippen molar-refractivity contribution in [2.45, 2.75) is 43.2 Å². The molecule has 2 aliphatic heterocycles. The Kier molecular flexibility index (Phi) is 5.71. The zero-order valence-corrected chi connectivity index (χ0v) is 14.3. The highest BCUT2D eigenvalue weighted by molar-refractivity contribution is 7.89. The lowest BCUT2D eigenvalue weighted by Crippen LogP contribution is -2.59. The van der Waals surface area contributed by atoms with Crippen LogP contribution in [-0.4, -0.2) is 44.5 Å². The number of hydrogen-bond donors (Lipinski definition) is 1. The molecule has 0 aromatic heterocycles. The number of nitrogens with one attached hydrogen (secondary N) is 1. The standard InChI is InChI=1S/C15H22N2O3S.ClH/c1-2-20-14-7-4-8-15(9-14)21(18,19)17-10-12-5-3-6-13(11-17)16-12;/h4,7-9,12-13,16H,2-3,5-6,10-11H2,1H3;1H. The van der Waals surface area contributed by atoms with E-state index in [2.05, 4.69) is 5.32 Å². The summed E-state index contributed by atoms with van der Waals surface area (Å²) in [5.41, 5.74) is 0. The summed E-state index contributed by atoms with van der Waals surface area (Å²) in [6.45, 7) is 3.55. The van der Waals surface area contributed by atoms with Crippen LogP contribution in [0.1, 0.15) is 26.2 Å². The maximum atomic E-state index is 12.8. The van der Waals surface area contributed by atoms with Gasteiger partial charge in [0.15, 0.2) is 0 Å². The van der Waals surface area contributed by atoms with Crippen LogP contribution in [0.15, 0.2) is 29.2 Å². The molecule has 2 atom stereocenters. The summed E-state index contributed by atoms with van der Waals surface area (Å²) in [6, 6.07) is 7.38. The summed E-state index contributed by atoms with van der Waals surface area (Å²) in [5.74, 6) is 0.605. The van der Waals surface area contributed by atoms with Gasteiger partial charge in [-0.1, -0.05) is 12.5 Å². The quantitative estimate of drug-likeness (QED) is 0.906. The Labute approximate surface area is 138 Å². The van der Waals surface area contributed by atoms with Crippen molar-refractivity contribution in [2.24, 2.45) is 0 Å². The number of piperazine rings is 1. The highest BCUT2D eigenvalue weighted by Gasteiger charge is 2.36. The molecular weight excluding hydrogens is 324 g/mol. The SMILES string of the molecule is CCOc1cccc(S(=O)(=O)N2CC3CCCC(C2)N3)c1.Cl. The second-order valence-electron chi connectivity index (χ2n) is 5.72. The van der Waals surface area contributed by atoms with E-state index in [1.165, 1.54) is 6.42 Å². The maximum Gasteiger partial charge on any atom is 0.243 e. The Balaban J connectivity index is 0.00000176. The molecule has 2 bridgehead atoms. The highest BCUT2D eigenvalue weighted by Crippen LogP contribution is 2.26. The van der Waals surface area contributed by atoms with Gasteiger partial charge in [-0.05, 0) is 31.9 Å². The van der Waals surface area contributed by atoms with Gasteiger partial charge in [-0.15, -0.1) is 12.4 Å². The number of piperidine rings is 1. The fraction of sp³-hybridized carbons (Fsp3) is 0.600. The predicted molar refractivity (Wildman–Crippen MR) is 88.2 cm³/mol. The minimum Gasteiger partial charge on any atom is -0.494 e. The zero-order chi connectivity index (χ0) is 14.9. The third kappa shape index (κ3) is 3.56. The minimum absolute atomic E-state index is 0. The van der Waals surface area contributed by atoms with Gasteiger partial charge in [-0.3, -0.25) is 0 Å². The zero-order valence-electron chi connectivity index (χ0n) is 12.7. The second-order valence-corrected chi connectivity index (χ2v) is 7.66. The summed E-state index contributed by atoms with van der Waals surface area (Å²) in [7, 11) is -3.43. The molecule has 1 N–H and O–H groups in total. The van der Waals surface area contributed by atoms with Crippen LogP contribution in [-0.2, 0) is 10.0 Å². The van der Waals surface area contributed by atoms with Crippen LogP contribution >= 0.6 is 12.4 Å². The van der Waals surface area contributed by atoms with Gasteiger partial charge in [0.2, 0.25) is 10.0 Å².